The van der Waals surface area contributed by atoms with E-state index in [4.69, 9.17) is 9.47 Å². The van der Waals surface area contributed by atoms with E-state index in [9.17, 15) is 18.5 Å². The fourth-order valence-corrected chi connectivity index (χ4v) is 5.21. The van der Waals surface area contributed by atoms with E-state index >= 15 is 0 Å². The van der Waals surface area contributed by atoms with Crippen molar-refractivity contribution in [3.63, 3.8) is 0 Å². The van der Waals surface area contributed by atoms with Crippen LogP contribution >= 0.6 is 0 Å². The van der Waals surface area contributed by atoms with Gasteiger partial charge in [-0.05, 0) is 49.2 Å². The minimum absolute atomic E-state index is 0.0494. The van der Waals surface area contributed by atoms with Gasteiger partial charge < -0.3 is 9.47 Å². The van der Waals surface area contributed by atoms with Crippen LogP contribution in [-0.2, 0) is 10.0 Å². The van der Waals surface area contributed by atoms with E-state index in [1.54, 1.807) is 24.3 Å². The molecule has 0 spiro atoms. The summed E-state index contributed by atoms with van der Waals surface area (Å²) in [7, 11) is -3.82. The lowest BCUT2D eigenvalue weighted by atomic mass is 10.2. The number of para-hydroxylation sites is 1. The summed E-state index contributed by atoms with van der Waals surface area (Å²) in [6, 6.07) is 19.6. The number of benzene rings is 3. The van der Waals surface area contributed by atoms with Crippen LogP contribution < -0.4 is 9.47 Å². The smallest absolute Gasteiger partial charge is 0.312 e. The van der Waals surface area contributed by atoms with Gasteiger partial charge in [0.1, 0.15) is 17.2 Å². The third-order valence-corrected chi connectivity index (χ3v) is 7.24. The summed E-state index contributed by atoms with van der Waals surface area (Å²) in [4.78, 5) is 11.0. The SMILES string of the molecule is O=[N+]([O-])c1cc(S(=O)(=O)N2CCCCCC2)ccc1Oc1cccc(Oc2ccccc2)c1. The zero-order valence-electron chi connectivity index (χ0n) is 17.9. The number of rotatable bonds is 7. The highest BCUT2D eigenvalue weighted by molar-refractivity contribution is 7.89. The third kappa shape index (κ3) is 5.50. The topological polar surface area (TPSA) is 99.0 Å². The molecule has 0 N–H and O–H groups in total. The van der Waals surface area contributed by atoms with Crippen LogP contribution in [0.2, 0.25) is 0 Å². The lowest BCUT2D eigenvalue weighted by Crippen LogP contribution is -2.31. The van der Waals surface area contributed by atoms with Crippen molar-refractivity contribution in [2.75, 3.05) is 13.1 Å². The van der Waals surface area contributed by atoms with Crippen LogP contribution in [0.5, 0.6) is 23.0 Å². The van der Waals surface area contributed by atoms with Gasteiger partial charge in [-0.15, -0.1) is 0 Å². The number of hydrogen-bond acceptors (Lipinski definition) is 6. The summed E-state index contributed by atoms with van der Waals surface area (Å²) in [6.07, 6.45) is 3.52. The zero-order valence-corrected chi connectivity index (χ0v) is 18.7. The monoisotopic (exact) mass is 468 g/mol. The molecule has 3 aromatic carbocycles. The highest BCUT2D eigenvalue weighted by Crippen LogP contribution is 2.36. The second-order valence-corrected chi connectivity index (χ2v) is 9.63. The van der Waals surface area contributed by atoms with Crippen LogP contribution in [-0.4, -0.2) is 30.7 Å². The molecule has 0 unspecified atom stereocenters. The maximum absolute atomic E-state index is 13.0. The Morgan fingerprint density at radius 2 is 1.39 bits per heavy atom. The highest BCUT2D eigenvalue weighted by atomic mass is 32.2. The number of sulfonamides is 1. The predicted molar refractivity (Wildman–Crippen MR) is 123 cm³/mol. The Morgan fingerprint density at radius 3 is 2.06 bits per heavy atom. The quantitative estimate of drug-likeness (QED) is 0.324. The first-order valence-corrected chi connectivity index (χ1v) is 12.2. The van der Waals surface area contributed by atoms with Crippen molar-refractivity contribution in [2.24, 2.45) is 0 Å². The lowest BCUT2D eigenvalue weighted by molar-refractivity contribution is -0.385. The van der Waals surface area contributed by atoms with Crippen LogP contribution in [0.15, 0.2) is 77.7 Å². The Bertz CT molecular complexity index is 1220. The molecule has 1 saturated heterocycles. The zero-order chi connectivity index (χ0) is 23.3. The van der Waals surface area contributed by atoms with Gasteiger partial charge in [0, 0.05) is 25.2 Å². The molecule has 1 aliphatic rings. The molecule has 172 valence electrons. The van der Waals surface area contributed by atoms with Crippen molar-refractivity contribution < 1.29 is 22.8 Å². The Labute approximate surface area is 192 Å². The maximum Gasteiger partial charge on any atom is 0.312 e. The fourth-order valence-electron chi connectivity index (χ4n) is 3.67. The molecule has 0 saturated carbocycles. The molecule has 0 radical (unpaired) electrons. The first-order chi connectivity index (χ1) is 15.9. The van der Waals surface area contributed by atoms with E-state index in [1.165, 1.54) is 16.4 Å². The largest absolute Gasteiger partial charge is 0.457 e. The molecule has 1 heterocycles. The third-order valence-electron chi connectivity index (χ3n) is 5.34. The molecule has 0 bridgehead atoms. The van der Waals surface area contributed by atoms with Gasteiger partial charge in [0.15, 0.2) is 0 Å². The lowest BCUT2D eigenvalue weighted by Gasteiger charge is -2.20. The average Bonchev–Trinajstić information content (AvgIpc) is 3.10. The molecule has 0 aliphatic carbocycles. The molecule has 1 aliphatic heterocycles. The summed E-state index contributed by atoms with van der Waals surface area (Å²) < 4.78 is 39.0. The molecule has 9 heteroatoms. The summed E-state index contributed by atoms with van der Waals surface area (Å²) in [5, 5.41) is 11.7. The number of hydrogen-bond donors (Lipinski definition) is 0. The fraction of sp³-hybridized carbons (Fsp3) is 0.250. The summed E-state index contributed by atoms with van der Waals surface area (Å²) in [5.74, 6) is 1.42. The van der Waals surface area contributed by atoms with Gasteiger partial charge in [-0.3, -0.25) is 10.1 Å². The van der Waals surface area contributed by atoms with Gasteiger partial charge in [-0.25, -0.2) is 8.42 Å². The molecule has 8 nitrogen and oxygen atoms in total. The van der Waals surface area contributed by atoms with E-state index in [-0.39, 0.29) is 10.6 Å². The minimum atomic E-state index is -3.82. The highest BCUT2D eigenvalue weighted by Gasteiger charge is 2.28. The number of nitrogens with zero attached hydrogens (tertiary/aromatic N) is 2. The van der Waals surface area contributed by atoms with E-state index in [0.29, 0.717) is 30.3 Å². The van der Waals surface area contributed by atoms with Crippen molar-refractivity contribution in [1.82, 2.24) is 4.31 Å². The second kappa shape index (κ2) is 10.0. The number of ether oxygens (including phenoxy) is 2. The van der Waals surface area contributed by atoms with Crippen LogP contribution in [0.3, 0.4) is 0 Å². The molecular formula is C24H24N2O6S. The van der Waals surface area contributed by atoms with Gasteiger partial charge in [0.2, 0.25) is 15.8 Å². The van der Waals surface area contributed by atoms with Crippen LogP contribution in [0, 0.1) is 10.1 Å². The number of nitro groups is 1. The molecule has 0 aromatic heterocycles. The molecule has 1 fully saturated rings. The summed E-state index contributed by atoms with van der Waals surface area (Å²) in [5.41, 5.74) is -0.416. The number of nitro benzene ring substituents is 1. The maximum atomic E-state index is 13.0. The Kier molecular flexibility index (Phi) is 6.90. The van der Waals surface area contributed by atoms with Crippen LogP contribution in [0.1, 0.15) is 25.7 Å². The minimum Gasteiger partial charge on any atom is -0.457 e. The Morgan fingerprint density at radius 1 is 0.758 bits per heavy atom. The van der Waals surface area contributed by atoms with Gasteiger partial charge in [0.25, 0.3) is 0 Å². The molecule has 0 amide bonds. The van der Waals surface area contributed by atoms with Crippen molar-refractivity contribution in [3.8, 4) is 23.0 Å². The van der Waals surface area contributed by atoms with Gasteiger partial charge in [-0.2, -0.15) is 4.31 Å². The van der Waals surface area contributed by atoms with Crippen molar-refractivity contribution >= 4 is 15.7 Å². The van der Waals surface area contributed by atoms with Crippen LogP contribution in [0.4, 0.5) is 5.69 Å². The molecule has 0 atom stereocenters. The first-order valence-electron chi connectivity index (χ1n) is 10.7. The Hall–Kier alpha value is -3.43. The van der Waals surface area contributed by atoms with Gasteiger partial charge in [0.05, 0.1) is 9.82 Å². The van der Waals surface area contributed by atoms with Crippen molar-refractivity contribution in [3.05, 3.63) is 82.9 Å². The molecular weight excluding hydrogens is 444 g/mol. The summed E-state index contributed by atoms with van der Waals surface area (Å²) >= 11 is 0. The molecule has 33 heavy (non-hydrogen) atoms. The van der Waals surface area contributed by atoms with E-state index in [0.717, 1.165) is 31.7 Å². The predicted octanol–water partition coefficient (Wildman–Crippen LogP) is 5.74. The van der Waals surface area contributed by atoms with E-state index < -0.39 is 20.6 Å². The van der Waals surface area contributed by atoms with E-state index in [1.807, 2.05) is 30.3 Å². The van der Waals surface area contributed by atoms with Gasteiger partial charge >= 0.3 is 5.69 Å². The van der Waals surface area contributed by atoms with Crippen LogP contribution in [0.25, 0.3) is 0 Å². The standard InChI is InChI=1S/C24H24N2O6S/c27-26(28)23-18-22(33(29,30)25-15-6-1-2-7-16-25)13-14-24(23)32-21-12-8-11-20(17-21)31-19-9-4-3-5-10-19/h3-5,8-14,17-18H,1-2,6-7,15-16H2. The van der Waals surface area contributed by atoms with Crippen molar-refractivity contribution in [1.29, 1.82) is 0 Å². The molecule has 3 aromatic rings. The molecule has 4 rings (SSSR count). The average molecular weight is 469 g/mol. The van der Waals surface area contributed by atoms with Crippen molar-refractivity contribution in [2.45, 2.75) is 30.6 Å². The summed E-state index contributed by atoms with van der Waals surface area (Å²) in [6.45, 7) is 0.838. The Balaban J connectivity index is 1.59. The normalized spacial score (nSPS) is 14.9. The first kappa shape index (κ1) is 22.8. The van der Waals surface area contributed by atoms with E-state index in [2.05, 4.69) is 0 Å². The van der Waals surface area contributed by atoms with Gasteiger partial charge in [-0.1, -0.05) is 37.1 Å². The second-order valence-electron chi connectivity index (χ2n) is 7.70.